The molecule has 0 radical (unpaired) electrons. The molecular formula is C9H13NO2. The number of carbonyl (C=O) groups is 1. The molecule has 0 bridgehead atoms. The SMILES string of the molecule is Cc1coc(C(=O)CCCN)c1. The Morgan fingerprint density at radius 1 is 1.67 bits per heavy atom. The number of ketones is 1. The molecule has 0 saturated carbocycles. The topological polar surface area (TPSA) is 56.2 Å². The van der Waals surface area contributed by atoms with Crippen LogP contribution in [-0.2, 0) is 0 Å². The van der Waals surface area contributed by atoms with Gasteiger partial charge in [0.1, 0.15) is 0 Å². The minimum absolute atomic E-state index is 0.0357. The number of hydrogen-bond acceptors (Lipinski definition) is 3. The van der Waals surface area contributed by atoms with Crippen molar-refractivity contribution in [2.24, 2.45) is 5.73 Å². The molecule has 12 heavy (non-hydrogen) atoms. The Hall–Kier alpha value is -1.09. The summed E-state index contributed by atoms with van der Waals surface area (Å²) in [5.41, 5.74) is 6.26. The number of Topliss-reactive ketones (excluding diaryl/α,β-unsaturated/α-hetero) is 1. The van der Waals surface area contributed by atoms with Gasteiger partial charge in [-0.25, -0.2) is 0 Å². The molecule has 3 nitrogen and oxygen atoms in total. The molecule has 1 aromatic rings. The second-order valence-electron chi connectivity index (χ2n) is 2.80. The Balaban J connectivity index is 2.53. The number of furan rings is 1. The van der Waals surface area contributed by atoms with E-state index in [9.17, 15) is 4.79 Å². The standard InChI is InChI=1S/C9H13NO2/c1-7-5-9(12-6-7)8(11)3-2-4-10/h5-6H,2-4,10H2,1H3. The van der Waals surface area contributed by atoms with E-state index in [1.165, 1.54) is 0 Å². The smallest absolute Gasteiger partial charge is 0.198 e. The van der Waals surface area contributed by atoms with Crippen LogP contribution in [-0.4, -0.2) is 12.3 Å². The predicted molar refractivity (Wildman–Crippen MR) is 46.1 cm³/mol. The number of carbonyl (C=O) groups excluding carboxylic acids is 1. The zero-order chi connectivity index (χ0) is 8.97. The lowest BCUT2D eigenvalue weighted by molar-refractivity contribution is 0.0954. The van der Waals surface area contributed by atoms with Crippen LogP contribution >= 0.6 is 0 Å². The molecule has 0 aliphatic rings. The van der Waals surface area contributed by atoms with Gasteiger partial charge in [0.2, 0.25) is 0 Å². The first-order valence-electron chi connectivity index (χ1n) is 4.02. The molecule has 0 amide bonds. The summed E-state index contributed by atoms with van der Waals surface area (Å²) in [7, 11) is 0. The Labute approximate surface area is 71.6 Å². The zero-order valence-corrected chi connectivity index (χ0v) is 7.17. The molecule has 0 unspecified atom stereocenters. The van der Waals surface area contributed by atoms with Gasteiger partial charge in [0.05, 0.1) is 6.26 Å². The van der Waals surface area contributed by atoms with Gasteiger partial charge in [-0.15, -0.1) is 0 Å². The second-order valence-corrected chi connectivity index (χ2v) is 2.80. The van der Waals surface area contributed by atoms with E-state index in [0.29, 0.717) is 18.7 Å². The number of hydrogen-bond donors (Lipinski definition) is 1. The van der Waals surface area contributed by atoms with Gasteiger partial charge >= 0.3 is 0 Å². The highest BCUT2D eigenvalue weighted by Gasteiger charge is 2.08. The van der Waals surface area contributed by atoms with Crippen LogP contribution in [0.4, 0.5) is 0 Å². The maximum atomic E-state index is 11.3. The summed E-state index contributed by atoms with van der Waals surface area (Å²) in [6, 6.07) is 1.75. The normalized spacial score (nSPS) is 10.2. The average molecular weight is 167 g/mol. The fraction of sp³-hybridized carbons (Fsp3) is 0.444. The molecule has 0 aromatic carbocycles. The predicted octanol–water partition coefficient (Wildman–Crippen LogP) is 1.51. The fourth-order valence-corrected chi connectivity index (χ4v) is 0.963. The molecule has 0 saturated heterocycles. The van der Waals surface area contributed by atoms with Crippen molar-refractivity contribution in [2.45, 2.75) is 19.8 Å². The van der Waals surface area contributed by atoms with Crippen LogP contribution in [0.5, 0.6) is 0 Å². The van der Waals surface area contributed by atoms with Crippen molar-refractivity contribution in [2.75, 3.05) is 6.54 Å². The average Bonchev–Trinajstić information content (AvgIpc) is 2.47. The quantitative estimate of drug-likeness (QED) is 0.691. The molecule has 0 fully saturated rings. The molecule has 66 valence electrons. The maximum Gasteiger partial charge on any atom is 0.198 e. The van der Waals surface area contributed by atoms with E-state index >= 15 is 0 Å². The number of aryl methyl sites for hydroxylation is 1. The monoisotopic (exact) mass is 167 g/mol. The minimum atomic E-state index is 0.0357. The fourth-order valence-electron chi connectivity index (χ4n) is 0.963. The van der Waals surface area contributed by atoms with Crippen LogP contribution in [0.2, 0.25) is 0 Å². The first-order valence-corrected chi connectivity index (χ1v) is 4.02. The van der Waals surface area contributed by atoms with Gasteiger partial charge < -0.3 is 10.2 Å². The third-order valence-corrected chi connectivity index (χ3v) is 1.61. The Kier molecular flexibility index (Phi) is 3.05. The lowest BCUT2D eigenvalue weighted by atomic mass is 10.2. The van der Waals surface area contributed by atoms with Crippen LogP contribution in [0, 0.1) is 6.92 Å². The van der Waals surface area contributed by atoms with Crippen molar-refractivity contribution < 1.29 is 9.21 Å². The third-order valence-electron chi connectivity index (χ3n) is 1.61. The lowest BCUT2D eigenvalue weighted by Gasteiger charge is -1.93. The van der Waals surface area contributed by atoms with E-state index in [1.54, 1.807) is 12.3 Å². The highest BCUT2D eigenvalue weighted by molar-refractivity contribution is 5.93. The molecule has 0 aliphatic carbocycles. The van der Waals surface area contributed by atoms with Gasteiger partial charge in [0.15, 0.2) is 11.5 Å². The molecule has 0 aliphatic heterocycles. The van der Waals surface area contributed by atoms with Gasteiger partial charge in [-0.3, -0.25) is 4.79 Å². The molecule has 1 heterocycles. The lowest BCUT2D eigenvalue weighted by Crippen LogP contribution is -2.03. The van der Waals surface area contributed by atoms with Crippen molar-refractivity contribution in [1.29, 1.82) is 0 Å². The van der Waals surface area contributed by atoms with Crippen molar-refractivity contribution in [3.63, 3.8) is 0 Å². The molecule has 0 atom stereocenters. The van der Waals surface area contributed by atoms with Gasteiger partial charge in [0, 0.05) is 6.42 Å². The molecule has 0 spiro atoms. The van der Waals surface area contributed by atoms with E-state index in [-0.39, 0.29) is 5.78 Å². The number of rotatable bonds is 4. The summed E-state index contributed by atoms with van der Waals surface area (Å²) in [4.78, 5) is 11.3. The van der Waals surface area contributed by atoms with E-state index in [1.807, 2.05) is 6.92 Å². The third kappa shape index (κ3) is 2.20. The largest absolute Gasteiger partial charge is 0.461 e. The first kappa shape index (κ1) is 9.00. The molecule has 3 heteroatoms. The van der Waals surface area contributed by atoms with Crippen molar-refractivity contribution in [1.82, 2.24) is 0 Å². The van der Waals surface area contributed by atoms with Crippen LogP contribution in [0.15, 0.2) is 16.7 Å². The maximum absolute atomic E-state index is 11.3. The highest BCUT2D eigenvalue weighted by atomic mass is 16.3. The zero-order valence-electron chi connectivity index (χ0n) is 7.17. The van der Waals surface area contributed by atoms with E-state index in [2.05, 4.69) is 0 Å². The Morgan fingerprint density at radius 2 is 2.42 bits per heavy atom. The Bertz CT molecular complexity index is 265. The summed E-state index contributed by atoms with van der Waals surface area (Å²) in [5.74, 6) is 0.481. The van der Waals surface area contributed by atoms with Crippen LogP contribution in [0.3, 0.4) is 0 Å². The summed E-state index contributed by atoms with van der Waals surface area (Å²) in [5, 5.41) is 0. The van der Waals surface area contributed by atoms with Gasteiger partial charge in [0.25, 0.3) is 0 Å². The summed E-state index contributed by atoms with van der Waals surface area (Å²) < 4.78 is 5.03. The summed E-state index contributed by atoms with van der Waals surface area (Å²) in [6.07, 6.45) is 2.78. The van der Waals surface area contributed by atoms with Crippen molar-refractivity contribution in [3.05, 3.63) is 23.7 Å². The van der Waals surface area contributed by atoms with Crippen LogP contribution in [0.1, 0.15) is 29.0 Å². The highest BCUT2D eigenvalue weighted by Crippen LogP contribution is 2.09. The molecular weight excluding hydrogens is 154 g/mol. The summed E-state index contributed by atoms with van der Waals surface area (Å²) >= 11 is 0. The Morgan fingerprint density at radius 3 is 2.92 bits per heavy atom. The van der Waals surface area contributed by atoms with Gasteiger partial charge in [-0.05, 0) is 31.5 Å². The van der Waals surface area contributed by atoms with E-state index in [0.717, 1.165) is 12.0 Å². The second kappa shape index (κ2) is 4.07. The molecule has 2 N–H and O–H groups in total. The van der Waals surface area contributed by atoms with Crippen LogP contribution in [0.25, 0.3) is 0 Å². The van der Waals surface area contributed by atoms with Crippen molar-refractivity contribution in [3.8, 4) is 0 Å². The van der Waals surface area contributed by atoms with Crippen LogP contribution < -0.4 is 5.73 Å². The van der Waals surface area contributed by atoms with E-state index in [4.69, 9.17) is 10.2 Å². The number of nitrogens with two attached hydrogens (primary N) is 1. The first-order chi connectivity index (χ1) is 5.74. The minimum Gasteiger partial charge on any atom is -0.461 e. The van der Waals surface area contributed by atoms with E-state index < -0.39 is 0 Å². The summed E-state index contributed by atoms with van der Waals surface area (Å²) in [6.45, 7) is 2.44. The molecule has 1 aromatic heterocycles. The van der Waals surface area contributed by atoms with Gasteiger partial charge in [-0.2, -0.15) is 0 Å². The molecule has 1 rings (SSSR count). The van der Waals surface area contributed by atoms with Gasteiger partial charge in [-0.1, -0.05) is 0 Å². The van der Waals surface area contributed by atoms with Crippen molar-refractivity contribution >= 4 is 5.78 Å².